The molecule has 0 aliphatic carbocycles. The van der Waals surface area contributed by atoms with Crippen molar-refractivity contribution in [1.82, 2.24) is 0 Å². The molecule has 3 heteroatoms. The minimum absolute atomic E-state index is 0.0825. The van der Waals surface area contributed by atoms with Crippen LogP contribution in [-0.4, -0.2) is 6.23 Å². The quantitative estimate of drug-likeness (QED) is 0.647. The van der Waals surface area contributed by atoms with E-state index in [1.165, 1.54) is 0 Å². The Kier molecular flexibility index (Phi) is 1.79. The Labute approximate surface area is 77.9 Å². The number of rotatable bonds is 1. The Hall–Kier alpha value is -1.38. The maximum absolute atomic E-state index is 5.91. The average molecular weight is 178 g/mol. The van der Waals surface area contributed by atoms with Crippen LogP contribution in [0.1, 0.15) is 18.9 Å². The van der Waals surface area contributed by atoms with Crippen molar-refractivity contribution in [3.63, 3.8) is 0 Å². The van der Waals surface area contributed by atoms with Crippen LogP contribution < -0.4 is 15.8 Å². The van der Waals surface area contributed by atoms with E-state index in [1.54, 1.807) is 0 Å². The van der Waals surface area contributed by atoms with Crippen molar-refractivity contribution >= 4 is 11.4 Å². The van der Waals surface area contributed by atoms with Crippen molar-refractivity contribution < 1.29 is 4.74 Å². The van der Waals surface area contributed by atoms with Crippen LogP contribution in [0, 0.1) is 6.92 Å². The number of hydrogen-bond acceptors (Lipinski definition) is 3. The SMILES string of the molecule is CCC1Nc2c(ccc(C)c2N)O1. The van der Waals surface area contributed by atoms with E-state index in [2.05, 4.69) is 12.2 Å². The van der Waals surface area contributed by atoms with Gasteiger partial charge in [-0.15, -0.1) is 0 Å². The van der Waals surface area contributed by atoms with Gasteiger partial charge in [-0.3, -0.25) is 0 Å². The Morgan fingerprint density at radius 2 is 2.31 bits per heavy atom. The average Bonchev–Trinajstić information content (AvgIpc) is 2.55. The molecule has 70 valence electrons. The van der Waals surface area contributed by atoms with Gasteiger partial charge in [0.2, 0.25) is 0 Å². The first-order valence-electron chi connectivity index (χ1n) is 4.54. The topological polar surface area (TPSA) is 47.3 Å². The minimum atomic E-state index is 0.0825. The monoisotopic (exact) mass is 178 g/mol. The molecule has 0 bridgehead atoms. The first kappa shape index (κ1) is 8.23. The van der Waals surface area contributed by atoms with Crippen molar-refractivity contribution in [3.05, 3.63) is 17.7 Å². The molecule has 0 spiro atoms. The van der Waals surface area contributed by atoms with Gasteiger partial charge < -0.3 is 15.8 Å². The Balaban J connectivity index is 2.40. The summed E-state index contributed by atoms with van der Waals surface area (Å²) in [6.45, 7) is 4.07. The number of benzene rings is 1. The standard InChI is InChI=1S/C10H14N2O/c1-3-8-12-10-7(13-8)5-4-6(2)9(10)11/h4-5,8,12H,3,11H2,1-2H3. The number of hydrogen-bond donors (Lipinski definition) is 2. The predicted octanol–water partition coefficient (Wildman–Crippen LogP) is 2.12. The van der Waals surface area contributed by atoms with Crippen LogP contribution in [0.2, 0.25) is 0 Å². The van der Waals surface area contributed by atoms with Gasteiger partial charge in [0.05, 0.1) is 5.69 Å². The van der Waals surface area contributed by atoms with Crippen LogP contribution in [-0.2, 0) is 0 Å². The molecule has 0 aromatic heterocycles. The molecule has 0 fully saturated rings. The van der Waals surface area contributed by atoms with Crippen molar-refractivity contribution in [2.24, 2.45) is 0 Å². The van der Waals surface area contributed by atoms with E-state index in [9.17, 15) is 0 Å². The number of fused-ring (bicyclic) bond motifs is 1. The number of anilines is 2. The molecule has 1 atom stereocenters. The largest absolute Gasteiger partial charge is 0.469 e. The van der Waals surface area contributed by atoms with Gasteiger partial charge in [-0.2, -0.15) is 0 Å². The van der Waals surface area contributed by atoms with E-state index in [-0.39, 0.29) is 6.23 Å². The molecule has 1 unspecified atom stereocenters. The molecular weight excluding hydrogens is 164 g/mol. The Morgan fingerprint density at radius 3 is 3.00 bits per heavy atom. The van der Waals surface area contributed by atoms with Crippen molar-refractivity contribution in [2.45, 2.75) is 26.5 Å². The lowest BCUT2D eigenvalue weighted by Gasteiger charge is -2.06. The van der Waals surface area contributed by atoms with Gasteiger partial charge in [0.1, 0.15) is 11.4 Å². The normalized spacial score (nSPS) is 19.1. The van der Waals surface area contributed by atoms with E-state index in [4.69, 9.17) is 10.5 Å². The summed E-state index contributed by atoms with van der Waals surface area (Å²) in [5.74, 6) is 0.870. The van der Waals surface area contributed by atoms with E-state index in [0.717, 1.165) is 29.1 Å². The number of nitrogens with two attached hydrogens (primary N) is 1. The molecule has 13 heavy (non-hydrogen) atoms. The van der Waals surface area contributed by atoms with Crippen LogP contribution in [0.25, 0.3) is 0 Å². The minimum Gasteiger partial charge on any atom is -0.469 e. The smallest absolute Gasteiger partial charge is 0.169 e. The molecule has 0 saturated carbocycles. The number of ether oxygens (including phenoxy) is 1. The lowest BCUT2D eigenvalue weighted by Crippen LogP contribution is -2.18. The third-order valence-electron chi connectivity index (χ3n) is 2.37. The summed E-state index contributed by atoms with van der Waals surface area (Å²) in [6, 6.07) is 3.94. The van der Waals surface area contributed by atoms with Crippen LogP contribution >= 0.6 is 0 Å². The zero-order valence-electron chi connectivity index (χ0n) is 7.92. The molecular formula is C10H14N2O. The fourth-order valence-electron chi connectivity index (χ4n) is 1.48. The van der Waals surface area contributed by atoms with Crippen LogP contribution in [0.3, 0.4) is 0 Å². The second-order valence-corrected chi connectivity index (χ2v) is 3.33. The summed E-state index contributed by atoms with van der Waals surface area (Å²) in [6.07, 6.45) is 1.02. The third kappa shape index (κ3) is 1.20. The highest BCUT2D eigenvalue weighted by atomic mass is 16.5. The molecule has 3 nitrogen and oxygen atoms in total. The summed E-state index contributed by atoms with van der Waals surface area (Å²) < 4.78 is 5.60. The Morgan fingerprint density at radius 1 is 1.54 bits per heavy atom. The number of nitrogens with one attached hydrogen (secondary N) is 1. The summed E-state index contributed by atoms with van der Waals surface area (Å²) in [5, 5.41) is 3.25. The molecule has 2 rings (SSSR count). The van der Waals surface area contributed by atoms with Gasteiger partial charge in [0.25, 0.3) is 0 Å². The van der Waals surface area contributed by atoms with Crippen LogP contribution in [0.4, 0.5) is 11.4 Å². The summed E-state index contributed by atoms with van der Waals surface area (Å²) in [5.41, 5.74) is 8.75. The lowest BCUT2D eigenvalue weighted by atomic mass is 10.1. The second-order valence-electron chi connectivity index (χ2n) is 3.33. The van der Waals surface area contributed by atoms with Gasteiger partial charge >= 0.3 is 0 Å². The fraction of sp³-hybridized carbons (Fsp3) is 0.400. The molecule has 1 aliphatic heterocycles. The second kappa shape index (κ2) is 2.83. The summed E-state index contributed by atoms with van der Waals surface area (Å²) >= 11 is 0. The highest BCUT2D eigenvalue weighted by Crippen LogP contribution is 2.38. The molecule has 1 aliphatic rings. The molecule has 0 saturated heterocycles. The van der Waals surface area contributed by atoms with Gasteiger partial charge in [-0.05, 0) is 18.6 Å². The summed E-state index contributed by atoms with van der Waals surface area (Å²) in [4.78, 5) is 0. The lowest BCUT2D eigenvalue weighted by molar-refractivity contribution is 0.249. The Bertz CT molecular complexity index is 336. The first-order chi connectivity index (χ1) is 6.22. The molecule has 1 aromatic carbocycles. The number of aryl methyl sites for hydroxylation is 1. The highest BCUT2D eigenvalue weighted by molar-refractivity contribution is 5.78. The van der Waals surface area contributed by atoms with Gasteiger partial charge in [0.15, 0.2) is 6.23 Å². The van der Waals surface area contributed by atoms with Crippen LogP contribution in [0.15, 0.2) is 12.1 Å². The zero-order valence-corrected chi connectivity index (χ0v) is 7.92. The van der Waals surface area contributed by atoms with E-state index >= 15 is 0 Å². The van der Waals surface area contributed by atoms with E-state index in [0.29, 0.717) is 0 Å². The first-order valence-corrected chi connectivity index (χ1v) is 4.54. The van der Waals surface area contributed by atoms with Gasteiger partial charge in [-0.25, -0.2) is 0 Å². The van der Waals surface area contributed by atoms with E-state index in [1.807, 2.05) is 19.1 Å². The molecule has 1 aromatic rings. The molecule has 3 N–H and O–H groups in total. The summed E-state index contributed by atoms with van der Waals surface area (Å²) in [7, 11) is 0. The van der Waals surface area contributed by atoms with Crippen LogP contribution in [0.5, 0.6) is 5.75 Å². The van der Waals surface area contributed by atoms with E-state index < -0.39 is 0 Å². The fourth-order valence-corrected chi connectivity index (χ4v) is 1.48. The number of nitrogen functional groups attached to an aromatic ring is 1. The van der Waals surface area contributed by atoms with Gasteiger partial charge in [0, 0.05) is 6.42 Å². The molecule has 0 radical (unpaired) electrons. The maximum Gasteiger partial charge on any atom is 0.169 e. The van der Waals surface area contributed by atoms with Gasteiger partial charge in [-0.1, -0.05) is 13.0 Å². The van der Waals surface area contributed by atoms with Crippen molar-refractivity contribution in [2.75, 3.05) is 11.1 Å². The van der Waals surface area contributed by atoms with Crippen molar-refractivity contribution in [1.29, 1.82) is 0 Å². The molecule has 1 heterocycles. The highest BCUT2D eigenvalue weighted by Gasteiger charge is 2.22. The predicted molar refractivity (Wildman–Crippen MR) is 53.9 cm³/mol. The maximum atomic E-state index is 5.91. The molecule has 0 amide bonds. The third-order valence-corrected chi connectivity index (χ3v) is 2.37. The van der Waals surface area contributed by atoms with Crippen molar-refractivity contribution in [3.8, 4) is 5.75 Å². The zero-order chi connectivity index (χ0) is 9.42.